The number of ketones is 1. The monoisotopic (exact) mass is 316 g/mol. The van der Waals surface area contributed by atoms with Crippen LogP contribution in [0.2, 0.25) is 0 Å². The van der Waals surface area contributed by atoms with E-state index in [1.807, 2.05) is 6.92 Å². The summed E-state index contributed by atoms with van der Waals surface area (Å²) in [6, 6.07) is 0. The van der Waals surface area contributed by atoms with Crippen LogP contribution in [0.15, 0.2) is 0 Å². The Balaban J connectivity index is 1.64. The van der Waals surface area contributed by atoms with Gasteiger partial charge in [0.25, 0.3) is 0 Å². The Morgan fingerprint density at radius 3 is 2.35 bits per heavy atom. The second-order valence-electron chi connectivity index (χ2n) is 10.0. The van der Waals surface area contributed by atoms with Gasteiger partial charge in [0.1, 0.15) is 5.78 Å². The summed E-state index contributed by atoms with van der Waals surface area (Å²) in [7, 11) is 0. The van der Waals surface area contributed by atoms with E-state index < -0.39 is 0 Å². The molecule has 23 heavy (non-hydrogen) atoms. The largest absolute Gasteiger partial charge is 0.300 e. The fourth-order valence-corrected chi connectivity index (χ4v) is 8.16. The van der Waals surface area contributed by atoms with Gasteiger partial charge in [0.05, 0.1) is 0 Å². The molecule has 0 heterocycles. The van der Waals surface area contributed by atoms with E-state index in [-0.39, 0.29) is 0 Å². The molecule has 0 spiro atoms. The van der Waals surface area contributed by atoms with Gasteiger partial charge in [-0.1, -0.05) is 33.1 Å². The van der Waals surface area contributed by atoms with Gasteiger partial charge in [-0.25, -0.2) is 0 Å². The highest BCUT2D eigenvalue weighted by Crippen LogP contribution is 2.66. The molecule has 0 radical (unpaired) electrons. The molecule has 0 amide bonds. The second-order valence-corrected chi connectivity index (χ2v) is 10.0. The number of rotatable bonds is 1. The predicted molar refractivity (Wildman–Crippen MR) is 95.1 cm³/mol. The fourth-order valence-electron chi connectivity index (χ4n) is 8.16. The molecular weight excluding hydrogens is 280 g/mol. The first-order valence-electron chi connectivity index (χ1n) is 10.5. The van der Waals surface area contributed by atoms with Gasteiger partial charge in [-0.15, -0.1) is 0 Å². The van der Waals surface area contributed by atoms with Crippen molar-refractivity contribution in [1.29, 1.82) is 0 Å². The number of hydrogen-bond acceptors (Lipinski definition) is 1. The minimum absolute atomic E-state index is 0.323. The van der Waals surface area contributed by atoms with Crippen molar-refractivity contribution >= 4 is 5.78 Å². The first kappa shape index (κ1) is 16.2. The van der Waals surface area contributed by atoms with Gasteiger partial charge in [0.2, 0.25) is 0 Å². The lowest BCUT2D eigenvalue weighted by molar-refractivity contribution is -0.153. The molecule has 7 atom stereocenters. The van der Waals surface area contributed by atoms with Gasteiger partial charge < -0.3 is 0 Å². The quantitative estimate of drug-likeness (QED) is 0.578. The summed E-state index contributed by atoms with van der Waals surface area (Å²) in [6.45, 7) is 7.01. The van der Waals surface area contributed by atoms with E-state index in [1.165, 1.54) is 70.6 Å². The average molecular weight is 317 g/mol. The summed E-state index contributed by atoms with van der Waals surface area (Å²) in [5, 5.41) is 0. The number of carbonyl (C=O) groups is 1. The highest BCUT2D eigenvalue weighted by Gasteiger charge is 2.58. The molecule has 0 aliphatic heterocycles. The normalized spacial score (nSPS) is 52.9. The summed E-state index contributed by atoms with van der Waals surface area (Å²) in [4.78, 5) is 12.3. The smallest absolute Gasteiger partial charge is 0.133 e. The van der Waals surface area contributed by atoms with Gasteiger partial charge in [0, 0.05) is 5.92 Å². The van der Waals surface area contributed by atoms with Crippen LogP contribution in [-0.4, -0.2) is 5.78 Å². The third-order valence-corrected chi connectivity index (χ3v) is 9.32. The summed E-state index contributed by atoms with van der Waals surface area (Å²) in [5.74, 6) is 4.57. The predicted octanol–water partition coefficient (Wildman–Crippen LogP) is 6.01. The SMILES string of the molecule is CC(=O)C1CCCC2C3CCC4CCCCC4(C)C3CCC12C. The second kappa shape index (κ2) is 5.60. The molecule has 0 saturated heterocycles. The van der Waals surface area contributed by atoms with Gasteiger partial charge in [-0.3, -0.25) is 4.79 Å². The standard InChI is InChI=1S/C22H36O/c1-15(23)18-8-6-9-19-17-11-10-16-7-4-5-13-21(16,2)20(17)12-14-22(18,19)3/h16-20H,4-14H2,1-3H3. The van der Waals surface area contributed by atoms with Gasteiger partial charge >= 0.3 is 0 Å². The van der Waals surface area contributed by atoms with Crippen LogP contribution < -0.4 is 0 Å². The molecule has 4 saturated carbocycles. The minimum Gasteiger partial charge on any atom is -0.300 e. The van der Waals surface area contributed by atoms with Crippen LogP contribution in [0, 0.1) is 40.4 Å². The maximum atomic E-state index is 12.3. The lowest BCUT2D eigenvalue weighted by Crippen LogP contribution is -2.56. The van der Waals surface area contributed by atoms with Crippen LogP contribution in [0.5, 0.6) is 0 Å². The van der Waals surface area contributed by atoms with Crippen LogP contribution in [0.1, 0.15) is 91.4 Å². The highest BCUT2D eigenvalue weighted by atomic mass is 16.1. The van der Waals surface area contributed by atoms with Crippen LogP contribution in [0.4, 0.5) is 0 Å². The molecule has 4 aliphatic carbocycles. The molecule has 4 rings (SSSR count). The van der Waals surface area contributed by atoms with Gasteiger partial charge in [-0.05, 0) is 92.8 Å². The van der Waals surface area contributed by atoms with E-state index in [4.69, 9.17) is 0 Å². The highest BCUT2D eigenvalue weighted by molar-refractivity contribution is 5.79. The molecule has 0 aromatic heterocycles. The van der Waals surface area contributed by atoms with E-state index in [0.29, 0.717) is 22.5 Å². The average Bonchev–Trinajstić information content (AvgIpc) is 2.52. The van der Waals surface area contributed by atoms with Crippen molar-refractivity contribution in [1.82, 2.24) is 0 Å². The molecule has 0 N–H and O–H groups in total. The molecule has 4 fully saturated rings. The van der Waals surface area contributed by atoms with Crippen molar-refractivity contribution < 1.29 is 4.79 Å². The Hall–Kier alpha value is -0.330. The third-order valence-electron chi connectivity index (χ3n) is 9.32. The van der Waals surface area contributed by atoms with Gasteiger partial charge in [-0.2, -0.15) is 0 Å². The fraction of sp³-hybridized carbons (Fsp3) is 0.955. The van der Waals surface area contributed by atoms with Crippen molar-refractivity contribution in [3.63, 3.8) is 0 Å². The van der Waals surface area contributed by atoms with Crippen LogP contribution in [0.3, 0.4) is 0 Å². The van der Waals surface area contributed by atoms with Crippen LogP contribution in [-0.2, 0) is 4.79 Å². The van der Waals surface area contributed by atoms with Crippen molar-refractivity contribution in [3.05, 3.63) is 0 Å². The Morgan fingerprint density at radius 2 is 1.57 bits per heavy atom. The molecule has 4 aliphatic rings. The van der Waals surface area contributed by atoms with E-state index in [0.717, 1.165) is 23.7 Å². The number of hydrogen-bond donors (Lipinski definition) is 0. The lowest BCUT2D eigenvalue weighted by Gasteiger charge is -2.63. The molecule has 0 aromatic carbocycles. The summed E-state index contributed by atoms with van der Waals surface area (Å²) in [6.07, 6.45) is 15.5. The maximum Gasteiger partial charge on any atom is 0.133 e. The van der Waals surface area contributed by atoms with E-state index in [2.05, 4.69) is 13.8 Å². The molecule has 1 nitrogen and oxygen atoms in total. The molecule has 0 aromatic rings. The Bertz CT molecular complexity index is 482. The Kier molecular flexibility index (Phi) is 3.93. The minimum atomic E-state index is 0.323. The lowest BCUT2D eigenvalue weighted by atomic mass is 9.41. The first-order valence-corrected chi connectivity index (χ1v) is 10.5. The van der Waals surface area contributed by atoms with Crippen molar-refractivity contribution in [2.24, 2.45) is 40.4 Å². The maximum absolute atomic E-state index is 12.3. The molecule has 7 unspecified atom stereocenters. The van der Waals surface area contributed by atoms with E-state index >= 15 is 0 Å². The van der Waals surface area contributed by atoms with Crippen molar-refractivity contribution in [2.75, 3.05) is 0 Å². The molecule has 0 bridgehead atoms. The van der Waals surface area contributed by atoms with Crippen molar-refractivity contribution in [3.8, 4) is 0 Å². The van der Waals surface area contributed by atoms with Crippen molar-refractivity contribution in [2.45, 2.75) is 91.4 Å². The van der Waals surface area contributed by atoms with Crippen LogP contribution in [0.25, 0.3) is 0 Å². The first-order chi connectivity index (χ1) is 11.0. The summed E-state index contributed by atoms with van der Waals surface area (Å²) < 4.78 is 0. The zero-order valence-electron chi connectivity index (χ0n) is 15.6. The Morgan fingerprint density at radius 1 is 0.783 bits per heavy atom. The zero-order valence-corrected chi connectivity index (χ0v) is 15.6. The summed E-state index contributed by atoms with van der Waals surface area (Å²) >= 11 is 0. The van der Waals surface area contributed by atoms with Gasteiger partial charge in [0.15, 0.2) is 0 Å². The summed E-state index contributed by atoms with van der Waals surface area (Å²) in [5.41, 5.74) is 0.953. The zero-order chi connectivity index (χ0) is 16.2. The molecular formula is C22H36O. The third kappa shape index (κ3) is 2.28. The van der Waals surface area contributed by atoms with E-state index in [1.54, 1.807) is 0 Å². The number of Topliss-reactive ketones (excluding diaryl/α,β-unsaturated/α-hetero) is 1. The van der Waals surface area contributed by atoms with E-state index in [9.17, 15) is 4.79 Å². The van der Waals surface area contributed by atoms with Crippen LogP contribution >= 0.6 is 0 Å². The molecule has 1 heteroatoms. The Labute approximate surface area is 143 Å². The number of carbonyl (C=O) groups excluding carboxylic acids is 1. The number of fused-ring (bicyclic) bond motifs is 5. The molecule has 130 valence electrons. The topological polar surface area (TPSA) is 17.1 Å².